The Labute approximate surface area is 263 Å². The second-order valence-corrected chi connectivity index (χ2v) is 14.1. The number of aromatic hydroxyl groups is 1. The summed E-state index contributed by atoms with van der Waals surface area (Å²) in [4.78, 5) is 28.7. The zero-order valence-corrected chi connectivity index (χ0v) is 25.6. The number of hydrogen-bond donors (Lipinski definition) is 3. The van der Waals surface area contributed by atoms with E-state index >= 15 is 0 Å². The molecule has 2 bridgehead atoms. The normalized spacial score (nSPS) is 28.9. The first-order chi connectivity index (χ1) is 21.9. The maximum Gasteiger partial charge on any atom is 0.306 e. The van der Waals surface area contributed by atoms with Crippen molar-refractivity contribution in [1.29, 1.82) is 0 Å². The number of rotatable bonds is 6. The van der Waals surface area contributed by atoms with Gasteiger partial charge in [-0.2, -0.15) is 0 Å². The zero-order valence-electron chi connectivity index (χ0n) is 25.6. The molecular weight excluding hydrogens is 568 g/mol. The largest absolute Gasteiger partial charge is 0.507 e. The van der Waals surface area contributed by atoms with Crippen LogP contribution in [-0.4, -0.2) is 86.6 Å². The van der Waals surface area contributed by atoms with Gasteiger partial charge in [0.05, 0.1) is 35.4 Å². The number of carboxylic acids is 1. The summed E-state index contributed by atoms with van der Waals surface area (Å²) in [5.74, 6) is 2.49. The van der Waals surface area contributed by atoms with Crippen molar-refractivity contribution in [1.82, 2.24) is 25.1 Å². The second-order valence-electron chi connectivity index (χ2n) is 14.1. The number of aliphatic carboxylic acids is 1. The molecule has 2 aromatic heterocycles. The molecule has 45 heavy (non-hydrogen) atoms. The number of anilines is 3. The monoisotopic (exact) mass is 610 g/mol. The number of nitrogen functional groups attached to an aromatic ring is 1. The lowest BCUT2D eigenvalue weighted by atomic mass is 9.54. The van der Waals surface area contributed by atoms with Gasteiger partial charge >= 0.3 is 5.97 Å². The van der Waals surface area contributed by atoms with Crippen molar-refractivity contribution >= 4 is 23.2 Å². The average molecular weight is 611 g/mol. The van der Waals surface area contributed by atoms with Gasteiger partial charge < -0.3 is 30.6 Å². The molecular formula is C34H42N8O3. The third-order valence-electron chi connectivity index (χ3n) is 11.7. The topological polar surface area (TPSA) is 145 Å². The van der Waals surface area contributed by atoms with Crippen LogP contribution in [0.5, 0.6) is 5.75 Å². The van der Waals surface area contributed by atoms with E-state index in [1.54, 1.807) is 12.1 Å². The third-order valence-corrected chi connectivity index (χ3v) is 11.7. The number of aromatic nitrogens is 4. The van der Waals surface area contributed by atoms with E-state index in [0.717, 1.165) is 95.0 Å². The van der Waals surface area contributed by atoms with Crippen LogP contribution < -0.4 is 15.5 Å². The number of likely N-dealkylation sites (tertiary alicyclic amines) is 1. The summed E-state index contributed by atoms with van der Waals surface area (Å²) in [5, 5.41) is 28.3. The molecule has 0 amide bonds. The molecule has 5 heterocycles. The van der Waals surface area contributed by atoms with Gasteiger partial charge in [0.2, 0.25) is 0 Å². The van der Waals surface area contributed by atoms with Crippen LogP contribution in [-0.2, 0) is 10.2 Å². The summed E-state index contributed by atoms with van der Waals surface area (Å²) < 4.78 is 0. The third kappa shape index (κ3) is 4.95. The van der Waals surface area contributed by atoms with Gasteiger partial charge in [-0.25, -0.2) is 9.97 Å². The summed E-state index contributed by atoms with van der Waals surface area (Å²) in [7, 11) is 0. The molecule has 0 radical (unpaired) electrons. The molecule has 3 saturated heterocycles. The molecule has 4 unspecified atom stereocenters. The molecule has 236 valence electrons. The number of fused-ring (bicyclic) bond motifs is 1. The van der Waals surface area contributed by atoms with E-state index < -0.39 is 5.97 Å². The van der Waals surface area contributed by atoms with Crippen LogP contribution in [0.1, 0.15) is 50.8 Å². The van der Waals surface area contributed by atoms with Gasteiger partial charge in [-0.05, 0) is 94.0 Å². The molecule has 11 nitrogen and oxygen atoms in total. The predicted octanol–water partition coefficient (Wildman–Crippen LogP) is 3.79. The molecule has 11 heteroatoms. The summed E-state index contributed by atoms with van der Waals surface area (Å²) in [6, 6.07) is 9.73. The van der Waals surface area contributed by atoms with E-state index in [4.69, 9.17) is 15.7 Å². The number of phenols is 1. The summed E-state index contributed by atoms with van der Waals surface area (Å²) in [6.07, 6.45) is 11.2. The highest BCUT2D eigenvalue weighted by Crippen LogP contribution is 2.64. The lowest BCUT2D eigenvalue weighted by Gasteiger charge is -2.52. The average Bonchev–Trinajstić information content (AvgIpc) is 3.25. The van der Waals surface area contributed by atoms with E-state index in [-0.39, 0.29) is 17.1 Å². The van der Waals surface area contributed by atoms with Gasteiger partial charge in [-0.15, -0.1) is 10.2 Å². The standard InChI is InChI=1S/C34H42N8O3/c35-31-29(14-28(38-39-31)26-3-1-2-4-30(26)43)42-19-21-13-27-23(20-42)16-34(27,15-21)33-36-17-25(18-37-33)41-11-7-24(8-12-41)40-9-5-22(6-10-40)32(44)45/h1-4,14,17-18,21-24,27,43H,5-13,15-16,19-20H2,(H2,35,39)(H,44,45). The fraction of sp³-hybridized carbons (Fsp3) is 0.559. The van der Waals surface area contributed by atoms with Crippen LogP contribution in [0.25, 0.3) is 11.3 Å². The fourth-order valence-corrected chi connectivity index (χ4v) is 9.42. The first-order valence-electron chi connectivity index (χ1n) is 16.6. The lowest BCUT2D eigenvalue weighted by Crippen LogP contribution is -2.54. The maximum absolute atomic E-state index is 11.3. The van der Waals surface area contributed by atoms with E-state index in [9.17, 15) is 15.0 Å². The van der Waals surface area contributed by atoms with Gasteiger partial charge in [-0.3, -0.25) is 4.79 Å². The highest BCUT2D eigenvalue weighted by Gasteiger charge is 2.63. The van der Waals surface area contributed by atoms with Crippen molar-refractivity contribution in [2.24, 2.45) is 23.7 Å². The van der Waals surface area contributed by atoms with Crippen molar-refractivity contribution in [3.05, 3.63) is 48.5 Å². The lowest BCUT2D eigenvalue weighted by molar-refractivity contribution is -0.143. The molecule has 1 aromatic carbocycles. The van der Waals surface area contributed by atoms with Crippen LogP contribution in [0.2, 0.25) is 0 Å². The minimum atomic E-state index is -0.642. The van der Waals surface area contributed by atoms with Crippen LogP contribution in [0.15, 0.2) is 42.7 Å². The fourth-order valence-electron chi connectivity index (χ4n) is 9.42. The summed E-state index contributed by atoms with van der Waals surface area (Å²) >= 11 is 0. The molecule has 4 atom stereocenters. The van der Waals surface area contributed by atoms with Crippen molar-refractivity contribution in [2.45, 2.75) is 56.4 Å². The summed E-state index contributed by atoms with van der Waals surface area (Å²) in [5.41, 5.74) is 9.76. The number of hydrogen-bond acceptors (Lipinski definition) is 10. The Kier molecular flexibility index (Phi) is 7.04. The SMILES string of the molecule is Nc1nnc(-c2ccccc2O)cc1N1CC2CC3C(C1)CC3(c1ncc(N3CCC(N4CCC(C(=O)O)CC4)CC3)cn1)C2. The molecule has 8 rings (SSSR count). The molecule has 0 spiro atoms. The Hall–Kier alpha value is -3.99. The van der Waals surface area contributed by atoms with Crippen LogP contribution in [0.3, 0.4) is 0 Å². The van der Waals surface area contributed by atoms with E-state index in [1.165, 1.54) is 6.42 Å². The molecule has 3 aromatic rings. The van der Waals surface area contributed by atoms with Crippen LogP contribution in [0.4, 0.5) is 17.2 Å². The number of carbonyl (C=O) groups is 1. The maximum atomic E-state index is 11.3. The second kappa shape index (κ2) is 11.1. The number of nitrogens with zero attached hydrogens (tertiary/aromatic N) is 7. The zero-order chi connectivity index (χ0) is 30.7. The molecule has 3 aliphatic heterocycles. The van der Waals surface area contributed by atoms with Crippen molar-refractivity contribution in [3.63, 3.8) is 0 Å². The molecule has 2 aliphatic carbocycles. The van der Waals surface area contributed by atoms with Crippen molar-refractivity contribution in [3.8, 4) is 17.0 Å². The first-order valence-corrected chi connectivity index (χ1v) is 16.6. The number of nitrogens with two attached hydrogens (primary N) is 1. The Morgan fingerprint density at radius 3 is 2.42 bits per heavy atom. The molecule has 4 N–H and O–H groups in total. The van der Waals surface area contributed by atoms with Gasteiger partial charge in [0.15, 0.2) is 5.82 Å². The number of piperidine rings is 2. The predicted molar refractivity (Wildman–Crippen MR) is 171 cm³/mol. The molecule has 5 aliphatic rings. The highest BCUT2D eigenvalue weighted by atomic mass is 16.4. The van der Waals surface area contributed by atoms with E-state index in [1.807, 2.05) is 18.2 Å². The van der Waals surface area contributed by atoms with Crippen molar-refractivity contribution < 1.29 is 15.0 Å². The Bertz CT molecular complexity index is 1570. The van der Waals surface area contributed by atoms with E-state index in [2.05, 4.69) is 37.3 Å². The first kappa shape index (κ1) is 28.5. The van der Waals surface area contributed by atoms with Crippen LogP contribution >= 0.6 is 0 Å². The Morgan fingerprint density at radius 2 is 1.69 bits per heavy atom. The van der Waals surface area contributed by atoms with E-state index in [0.29, 0.717) is 40.9 Å². The van der Waals surface area contributed by atoms with Gasteiger partial charge in [0.25, 0.3) is 0 Å². The smallest absolute Gasteiger partial charge is 0.306 e. The number of carboxylic acid groups (broad SMARTS) is 1. The highest BCUT2D eigenvalue weighted by molar-refractivity contribution is 5.74. The number of para-hydroxylation sites is 1. The molecule has 5 fully saturated rings. The molecule has 2 saturated carbocycles. The minimum absolute atomic E-state index is 0.0814. The van der Waals surface area contributed by atoms with Crippen molar-refractivity contribution in [2.75, 3.05) is 54.8 Å². The van der Waals surface area contributed by atoms with Gasteiger partial charge in [-0.1, -0.05) is 12.1 Å². The number of phenolic OH excluding ortho intramolecular Hbond substituents is 1. The number of benzene rings is 1. The Balaban J connectivity index is 0.910. The van der Waals surface area contributed by atoms with Crippen LogP contribution in [0, 0.1) is 23.7 Å². The quantitative estimate of drug-likeness (QED) is 0.375. The minimum Gasteiger partial charge on any atom is -0.507 e. The Morgan fingerprint density at radius 1 is 0.933 bits per heavy atom. The van der Waals surface area contributed by atoms with Gasteiger partial charge in [0.1, 0.15) is 11.6 Å². The van der Waals surface area contributed by atoms with Gasteiger partial charge in [0, 0.05) is 43.2 Å². The summed E-state index contributed by atoms with van der Waals surface area (Å²) in [6.45, 7) is 5.62.